The Morgan fingerprint density at radius 1 is 0.116 bits per heavy atom. The van der Waals surface area contributed by atoms with E-state index in [1.54, 1.807) is 37.2 Å². The molecule has 0 aliphatic heterocycles. The first-order chi connectivity index (χ1) is 63.9. The maximum absolute atomic E-state index is 4.71. The van der Waals surface area contributed by atoms with E-state index in [1.807, 2.05) is 34.0 Å². The summed E-state index contributed by atoms with van der Waals surface area (Å²) in [5, 5.41) is 22.0. The van der Waals surface area contributed by atoms with E-state index in [4.69, 9.17) is 15.0 Å². The normalized spacial score (nSPS) is 11.7. The third-order valence-corrected chi connectivity index (χ3v) is 29.2. The van der Waals surface area contributed by atoms with Gasteiger partial charge in [-0.3, -0.25) is 29.9 Å². The zero-order valence-corrected chi connectivity index (χ0v) is 71.9. The van der Waals surface area contributed by atoms with Crippen LogP contribution in [0.4, 0.5) is 0 Å². The molecule has 0 radical (unpaired) electrons. The molecule has 0 saturated carbocycles. The fourth-order valence-corrected chi connectivity index (χ4v) is 22.7. The lowest BCUT2D eigenvalue weighted by atomic mass is 9.92. The summed E-state index contributed by atoms with van der Waals surface area (Å²) in [6, 6.07) is 146. The maximum Gasteiger partial charge on any atom is 0.0971 e. The number of benzene rings is 21. The van der Waals surface area contributed by atoms with Gasteiger partial charge in [0, 0.05) is 130 Å². The highest BCUT2D eigenvalue weighted by atomic mass is 32.1. The molecule has 600 valence electrons. The topological polar surface area (TPSA) is 77.3 Å². The molecular weight excluding hydrogens is 1620 g/mol. The van der Waals surface area contributed by atoms with E-state index >= 15 is 0 Å². The minimum absolute atomic E-state index is 0.948. The van der Waals surface area contributed by atoms with Crippen LogP contribution in [-0.2, 0) is 0 Å². The molecule has 0 bridgehead atoms. The summed E-state index contributed by atoms with van der Waals surface area (Å²) in [7, 11) is 0. The van der Waals surface area contributed by atoms with Crippen molar-refractivity contribution in [2.45, 2.75) is 0 Å². The lowest BCUT2D eigenvalue weighted by molar-refractivity contribution is 1.31. The van der Waals surface area contributed by atoms with Crippen LogP contribution in [-0.4, -0.2) is 29.9 Å². The van der Waals surface area contributed by atoms with Gasteiger partial charge in [-0.05, 0) is 211 Å². The van der Waals surface area contributed by atoms with E-state index in [0.29, 0.717) is 0 Å². The van der Waals surface area contributed by atoms with Gasteiger partial charge in [0.1, 0.15) is 0 Å². The van der Waals surface area contributed by atoms with Gasteiger partial charge in [-0.25, -0.2) is 0 Å². The second kappa shape index (κ2) is 31.5. The molecule has 0 aliphatic rings. The zero-order valence-electron chi connectivity index (χ0n) is 69.5. The molecule has 9 heteroatoms. The number of aromatic nitrogens is 6. The van der Waals surface area contributed by atoms with Crippen LogP contribution in [0, 0.1) is 0 Å². The predicted octanol–water partition coefficient (Wildman–Crippen LogP) is 33.9. The lowest BCUT2D eigenvalue weighted by Crippen LogP contribution is -1.89. The van der Waals surface area contributed by atoms with Gasteiger partial charge < -0.3 is 0 Å². The highest BCUT2D eigenvalue weighted by Gasteiger charge is 2.20. The summed E-state index contributed by atoms with van der Waals surface area (Å²) in [6.07, 6.45) is 10.7. The first kappa shape index (κ1) is 75.4. The maximum atomic E-state index is 4.71. The molecule has 129 heavy (non-hydrogen) atoms. The standard InChI is InChI=1S/3C40H24N2S/c1-2-10-33-31(8-1)35-23-29(16-18-34(35)40-39(33)41-20-21-42-40)26-14-12-25(13-15-26)27-6-5-7-28(22-27)30-17-19-38-36(24-30)32-9-3-4-11-37(32)43-38;1-2-8-30(28-18-20-38-36(24-28)32-10-5-6-12-37(32)43-38)29(7-1)26-15-13-25(14-16-26)27-17-19-34-35(23-27)31-9-3-4-11-33(31)39-40(34)42-22-21-41-39;1-2-7-33-31(5-1)35-23-29(17-19-34(35)40-39(33)41-21-22-42-40)27-13-9-25(10-14-27)26-11-15-28(16-12-26)30-18-20-38-36(24-30)32-6-3-4-8-37(32)43-38/h3*1-24H. The monoisotopic (exact) mass is 1690 g/mol. The van der Waals surface area contributed by atoms with Gasteiger partial charge in [0.2, 0.25) is 0 Å². The first-order valence-electron chi connectivity index (χ1n) is 43.4. The number of nitrogens with zero attached hydrogens (tertiary/aromatic N) is 6. The van der Waals surface area contributed by atoms with E-state index in [0.717, 1.165) is 65.4 Å². The zero-order chi connectivity index (χ0) is 85.0. The summed E-state index contributed by atoms with van der Waals surface area (Å²) in [5.41, 5.74) is 27.6. The molecule has 0 fully saturated rings. The predicted molar refractivity (Wildman–Crippen MR) is 551 cm³/mol. The fraction of sp³-hybridized carbons (Fsp3) is 0. The van der Waals surface area contributed by atoms with Crippen LogP contribution >= 0.6 is 34.0 Å². The Hall–Kier alpha value is -16.1. The molecule has 0 spiro atoms. The molecule has 6 aromatic heterocycles. The molecule has 0 aliphatic carbocycles. The van der Waals surface area contributed by atoms with Crippen LogP contribution in [0.25, 0.3) is 258 Å². The Labute approximate surface area is 754 Å². The highest BCUT2D eigenvalue weighted by molar-refractivity contribution is 7.26. The molecule has 27 aromatic rings. The van der Waals surface area contributed by atoms with Crippen LogP contribution in [0.5, 0.6) is 0 Å². The van der Waals surface area contributed by atoms with Crippen LogP contribution in [0.1, 0.15) is 0 Å². The van der Waals surface area contributed by atoms with Crippen molar-refractivity contribution < 1.29 is 0 Å². The van der Waals surface area contributed by atoms with Gasteiger partial charge in [-0.2, -0.15) is 0 Å². The third-order valence-electron chi connectivity index (χ3n) is 25.8. The van der Waals surface area contributed by atoms with Gasteiger partial charge >= 0.3 is 0 Å². The summed E-state index contributed by atoms with van der Waals surface area (Å²) in [4.78, 5) is 28.1. The summed E-state index contributed by atoms with van der Waals surface area (Å²) in [5.74, 6) is 0. The molecule has 27 rings (SSSR count). The number of hydrogen-bond donors (Lipinski definition) is 0. The number of fused-ring (bicyclic) bond motifs is 27. The van der Waals surface area contributed by atoms with Crippen molar-refractivity contribution in [1.29, 1.82) is 0 Å². The smallest absolute Gasteiger partial charge is 0.0971 e. The SMILES string of the molecule is c1cc(-c2ccc(-c3ccc4c(c3)c3ccccc3c3nccnc43)cc2)cc(-c2ccc3sc4ccccc4c3c2)c1.c1ccc(-c2ccc3sc4ccccc4c3c2)c(-c2ccc(-c3ccc4c(c3)c3ccccc3c3nccnc43)cc2)c1.c1ccc2c(c1)sc1ccc(-c3ccc(-c4ccc(-c5ccc6c(c5)c5ccccc5c5nccnc65)cc4)cc3)cc12. The molecule has 21 aromatic carbocycles. The summed E-state index contributed by atoms with van der Waals surface area (Å²) < 4.78 is 8.01. The Morgan fingerprint density at radius 2 is 0.318 bits per heavy atom. The molecule has 6 heterocycles. The minimum Gasteiger partial charge on any atom is -0.252 e. The van der Waals surface area contributed by atoms with Crippen molar-refractivity contribution in [1.82, 2.24) is 29.9 Å². The van der Waals surface area contributed by atoms with Crippen molar-refractivity contribution in [3.63, 3.8) is 0 Å². The van der Waals surface area contributed by atoms with Gasteiger partial charge in [-0.15, -0.1) is 34.0 Å². The van der Waals surface area contributed by atoms with Crippen LogP contribution in [0.15, 0.2) is 438 Å². The lowest BCUT2D eigenvalue weighted by Gasteiger charge is -2.13. The van der Waals surface area contributed by atoms with Crippen molar-refractivity contribution in [2.75, 3.05) is 0 Å². The third kappa shape index (κ3) is 13.4. The van der Waals surface area contributed by atoms with E-state index in [2.05, 4.69) is 415 Å². The Morgan fingerprint density at radius 3 is 0.651 bits per heavy atom. The van der Waals surface area contributed by atoms with Crippen molar-refractivity contribution >= 4 is 192 Å². The fourth-order valence-electron chi connectivity index (χ4n) is 19.4. The van der Waals surface area contributed by atoms with Crippen LogP contribution < -0.4 is 0 Å². The molecule has 0 N–H and O–H groups in total. The van der Waals surface area contributed by atoms with E-state index in [1.165, 1.54) is 193 Å². The highest BCUT2D eigenvalue weighted by Crippen LogP contribution is 2.46. The molecule has 0 amide bonds. The summed E-state index contributed by atoms with van der Waals surface area (Å²) in [6.45, 7) is 0. The quantitative estimate of drug-likeness (QED) is 0.134. The van der Waals surface area contributed by atoms with Gasteiger partial charge in [-0.1, -0.05) is 322 Å². The number of hydrogen-bond acceptors (Lipinski definition) is 9. The van der Waals surface area contributed by atoms with Gasteiger partial charge in [0.25, 0.3) is 0 Å². The van der Waals surface area contributed by atoms with Crippen LogP contribution in [0.3, 0.4) is 0 Å². The molecule has 6 nitrogen and oxygen atoms in total. The Bertz CT molecular complexity index is 9090. The molecule has 0 saturated heterocycles. The van der Waals surface area contributed by atoms with E-state index in [9.17, 15) is 0 Å². The molecule has 0 atom stereocenters. The second-order valence-electron chi connectivity index (χ2n) is 33.0. The van der Waals surface area contributed by atoms with Crippen LogP contribution in [0.2, 0.25) is 0 Å². The van der Waals surface area contributed by atoms with Crippen molar-refractivity contribution in [2.24, 2.45) is 0 Å². The number of thiophene rings is 3. The minimum atomic E-state index is 0.948. The van der Waals surface area contributed by atoms with Crippen molar-refractivity contribution in [3.8, 4) is 100 Å². The van der Waals surface area contributed by atoms with Gasteiger partial charge in [0.15, 0.2) is 0 Å². The molecular formula is C120H72N6S3. The average Bonchev–Trinajstić information content (AvgIpc) is 1.68. The Balaban J connectivity index is 0.000000105. The van der Waals surface area contributed by atoms with E-state index in [-0.39, 0.29) is 0 Å². The first-order valence-corrected chi connectivity index (χ1v) is 45.9. The summed E-state index contributed by atoms with van der Waals surface area (Å²) >= 11 is 5.58. The Kier molecular flexibility index (Phi) is 18.4. The van der Waals surface area contributed by atoms with Gasteiger partial charge in [0.05, 0.1) is 33.1 Å². The second-order valence-corrected chi connectivity index (χ2v) is 36.3. The number of rotatable bonds is 9. The average molecular weight is 1690 g/mol. The van der Waals surface area contributed by atoms with E-state index < -0.39 is 0 Å². The molecule has 0 unspecified atom stereocenters. The largest absolute Gasteiger partial charge is 0.252 e. The van der Waals surface area contributed by atoms with Crippen molar-refractivity contribution in [3.05, 3.63) is 438 Å².